The van der Waals surface area contributed by atoms with Crippen molar-refractivity contribution in [3.63, 3.8) is 0 Å². The van der Waals surface area contributed by atoms with Crippen molar-refractivity contribution in [2.75, 3.05) is 13.6 Å². The molecule has 0 aromatic rings. The summed E-state index contributed by atoms with van der Waals surface area (Å²) in [6, 6.07) is 0. The second kappa shape index (κ2) is 11.1. The zero-order chi connectivity index (χ0) is 10.6. The molecule has 0 saturated carbocycles. The SMILES string of the molecule is CCC=CSC(NC)NCCCCC. The van der Waals surface area contributed by atoms with E-state index >= 15 is 0 Å². The molecule has 0 saturated heterocycles. The Balaban J connectivity index is 3.42. The Kier molecular flexibility index (Phi) is 11.1. The fraction of sp³-hybridized carbons (Fsp3) is 0.818. The number of thioether (sulfide) groups is 1. The first-order chi connectivity index (χ1) is 6.85. The van der Waals surface area contributed by atoms with Gasteiger partial charge in [-0.25, -0.2) is 0 Å². The van der Waals surface area contributed by atoms with Crippen LogP contribution < -0.4 is 10.6 Å². The molecular formula is C11H24N2S. The monoisotopic (exact) mass is 216 g/mol. The predicted octanol–water partition coefficient (Wildman–Crippen LogP) is 2.93. The van der Waals surface area contributed by atoms with Gasteiger partial charge in [0.25, 0.3) is 0 Å². The van der Waals surface area contributed by atoms with Gasteiger partial charge in [0, 0.05) is 0 Å². The van der Waals surface area contributed by atoms with Crippen LogP contribution in [0.4, 0.5) is 0 Å². The highest BCUT2D eigenvalue weighted by atomic mass is 32.2. The quantitative estimate of drug-likeness (QED) is 0.458. The van der Waals surface area contributed by atoms with Gasteiger partial charge in [-0.15, -0.1) is 0 Å². The van der Waals surface area contributed by atoms with Crippen molar-refractivity contribution >= 4 is 11.8 Å². The van der Waals surface area contributed by atoms with Gasteiger partial charge >= 0.3 is 0 Å². The third kappa shape index (κ3) is 8.60. The summed E-state index contributed by atoms with van der Waals surface area (Å²) in [6.45, 7) is 5.49. The molecule has 3 heteroatoms. The molecule has 0 aromatic heterocycles. The molecule has 0 rings (SSSR count). The lowest BCUT2D eigenvalue weighted by Crippen LogP contribution is -2.37. The normalized spacial score (nSPS) is 13.6. The number of allylic oxidation sites excluding steroid dienone is 1. The van der Waals surface area contributed by atoms with Gasteiger partial charge in [-0.1, -0.05) is 44.5 Å². The molecule has 2 nitrogen and oxygen atoms in total. The van der Waals surface area contributed by atoms with Gasteiger partial charge in [0.2, 0.25) is 0 Å². The van der Waals surface area contributed by atoms with Crippen LogP contribution in [0.2, 0.25) is 0 Å². The molecule has 14 heavy (non-hydrogen) atoms. The molecule has 84 valence electrons. The second-order valence-corrected chi connectivity index (χ2v) is 4.26. The van der Waals surface area contributed by atoms with Gasteiger partial charge in [0.1, 0.15) is 5.50 Å². The van der Waals surface area contributed by atoms with E-state index in [1.807, 2.05) is 7.05 Å². The summed E-state index contributed by atoms with van der Waals surface area (Å²) in [5, 5.41) is 8.86. The van der Waals surface area contributed by atoms with Crippen LogP contribution in [0, 0.1) is 0 Å². The predicted molar refractivity (Wildman–Crippen MR) is 67.4 cm³/mol. The summed E-state index contributed by atoms with van der Waals surface area (Å²) in [7, 11) is 1.99. The average Bonchev–Trinajstić information content (AvgIpc) is 2.22. The summed E-state index contributed by atoms with van der Waals surface area (Å²) in [5.41, 5.74) is 0.356. The minimum atomic E-state index is 0.356. The lowest BCUT2D eigenvalue weighted by Gasteiger charge is -2.15. The number of rotatable bonds is 9. The topological polar surface area (TPSA) is 24.1 Å². The average molecular weight is 216 g/mol. The lowest BCUT2D eigenvalue weighted by atomic mass is 10.2. The van der Waals surface area contributed by atoms with Gasteiger partial charge in [-0.3, -0.25) is 10.6 Å². The molecule has 0 fully saturated rings. The van der Waals surface area contributed by atoms with Crippen LogP contribution in [0.15, 0.2) is 11.5 Å². The molecule has 0 bridgehead atoms. The van der Waals surface area contributed by atoms with E-state index in [2.05, 4.69) is 36.0 Å². The highest BCUT2D eigenvalue weighted by Gasteiger charge is 2.01. The first-order valence-electron chi connectivity index (χ1n) is 5.56. The molecule has 2 N–H and O–H groups in total. The Labute approximate surface area is 92.9 Å². The zero-order valence-electron chi connectivity index (χ0n) is 9.68. The van der Waals surface area contributed by atoms with Crippen LogP contribution in [0.5, 0.6) is 0 Å². The van der Waals surface area contributed by atoms with Crippen molar-refractivity contribution in [3.8, 4) is 0 Å². The number of nitrogens with one attached hydrogen (secondary N) is 2. The van der Waals surface area contributed by atoms with E-state index in [0.29, 0.717) is 5.50 Å². The fourth-order valence-electron chi connectivity index (χ4n) is 1.06. The van der Waals surface area contributed by atoms with Crippen molar-refractivity contribution in [1.29, 1.82) is 0 Å². The Hall–Kier alpha value is 0.01000. The highest BCUT2D eigenvalue weighted by molar-refractivity contribution is 8.02. The molecule has 0 amide bonds. The van der Waals surface area contributed by atoms with Crippen LogP contribution in [0.25, 0.3) is 0 Å². The molecule has 0 spiro atoms. The van der Waals surface area contributed by atoms with Crippen LogP contribution in [-0.4, -0.2) is 19.1 Å². The number of unbranched alkanes of at least 4 members (excludes halogenated alkanes) is 2. The van der Waals surface area contributed by atoms with Crippen molar-refractivity contribution < 1.29 is 0 Å². The summed E-state index contributed by atoms with van der Waals surface area (Å²) >= 11 is 1.80. The third-order valence-electron chi connectivity index (χ3n) is 1.92. The first kappa shape index (κ1) is 14.0. The number of hydrogen-bond acceptors (Lipinski definition) is 3. The van der Waals surface area contributed by atoms with Crippen LogP contribution in [0.3, 0.4) is 0 Å². The largest absolute Gasteiger partial charge is 0.296 e. The summed E-state index contributed by atoms with van der Waals surface area (Å²) in [5.74, 6) is 0. The van der Waals surface area contributed by atoms with Gasteiger partial charge < -0.3 is 0 Å². The second-order valence-electron chi connectivity index (χ2n) is 3.25. The minimum absolute atomic E-state index is 0.356. The van der Waals surface area contributed by atoms with E-state index in [9.17, 15) is 0 Å². The molecule has 0 aliphatic carbocycles. The zero-order valence-corrected chi connectivity index (χ0v) is 10.5. The van der Waals surface area contributed by atoms with E-state index in [1.165, 1.54) is 19.3 Å². The standard InChI is InChI=1S/C11H24N2S/c1-4-6-8-9-13-11(12-3)14-10-7-5-2/h7,10-13H,4-6,8-9H2,1-3H3. The number of hydrogen-bond donors (Lipinski definition) is 2. The summed E-state index contributed by atoms with van der Waals surface area (Å²) in [6.07, 6.45) is 7.17. The minimum Gasteiger partial charge on any atom is -0.296 e. The molecule has 0 aliphatic heterocycles. The smallest absolute Gasteiger partial charge is 0.109 e. The maximum absolute atomic E-state index is 3.46. The van der Waals surface area contributed by atoms with Crippen molar-refractivity contribution in [2.45, 2.75) is 45.0 Å². The Morgan fingerprint density at radius 3 is 2.64 bits per heavy atom. The van der Waals surface area contributed by atoms with E-state index < -0.39 is 0 Å². The van der Waals surface area contributed by atoms with E-state index in [-0.39, 0.29) is 0 Å². The Bertz CT molecular complexity index is 137. The first-order valence-corrected chi connectivity index (χ1v) is 6.50. The molecule has 0 radical (unpaired) electrons. The maximum Gasteiger partial charge on any atom is 0.109 e. The van der Waals surface area contributed by atoms with Crippen molar-refractivity contribution in [1.82, 2.24) is 10.6 Å². The van der Waals surface area contributed by atoms with Gasteiger partial charge in [-0.05, 0) is 31.8 Å². The lowest BCUT2D eigenvalue weighted by molar-refractivity contribution is 0.558. The third-order valence-corrected chi connectivity index (χ3v) is 2.94. The van der Waals surface area contributed by atoms with Gasteiger partial charge in [0.05, 0.1) is 0 Å². The maximum atomic E-state index is 3.46. The fourth-order valence-corrected chi connectivity index (χ4v) is 1.87. The molecule has 0 aromatic carbocycles. The molecular weight excluding hydrogens is 192 g/mol. The van der Waals surface area contributed by atoms with E-state index in [1.54, 1.807) is 11.8 Å². The van der Waals surface area contributed by atoms with E-state index in [0.717, 1.165) is 13.0 Å². The highest BCUT2D eigenvalue weighted by Crippen LogP contribution is 2.07. The Morgan fingerprint density at radius 1 is 1.29 bits per heavy atom. The molecule has 0 aliphatic rings. The van der Waals surface area contributed by atoms with Crippen LogP contribution >= 0.6 is 11.8 Å². The van der Waals surface area contributed by atoms with Gasteiger partial charge in [0.15, 0.2) is 0 Å². The Morgan fingerprint density at radius 2 is 2.07 bits per heavy atom. The summed E-state index contributed by atoms with van der Waals surface area (Å²) < 4.78 is 0. The van der Waals surface area contributed by atoms with Crippen LogP contribution in [-0.2, 0) is 0 Å². The van der Waals surface area contributed by atoms with Gasteiger partial charge in [-0.2, -0.15) is 0 Å². The van der Waals surface area contributed by atoms with Crippen LogP contribution in [0.1, 0.15) is 39.5 Å². The summed E-state index contributed by atoms with van der Waals surface area (Å²) in [4.78, 5) is 0. The molecule has 0 heterocycles. The van der Waals surface area contributed by atoms with Crippen molar-refractivity contribution in [3.05, 3.63) is 11.5 Å². The van der Waals surface area contributed by atoms with Crippen molar-refractivity contribution in [2.24, 2.45) is 0 Å². The molecule has 1 atom stereocenters. The van der Waals surface area contributed by atoms with E-state index in [4.69, 9.17) is 0 Å². The molecule has 1 unspecified atom stereocenters.